The maximum Gasteiger partial charge on any atom is 0.227 e. The zero-order valence-corrected chi connectivity index (χ0v) is 12.0. The number of anilines is 1. The van der Waals surface area contributed by atoms with Gasteiger partial charge in [0.05, 0.1) is 6.54 Å². The Morgan fingerprint density at radius 2 is 2.25 bits per heavy atom. The Labute approximate surface area is 119 Å². The highest BCUT2D eigenvalue weighted by Gasteiger charge is 2.11. The second kappa shape index (κ2) is 6.89. The van der Waals surface area contributed by atoms with Crippen LogP contribution in [0.15, 0.2) is 42.7 Å². The van der Waals surface area contributed by atoms with Gasteiger partial charge in [0.2, 0.25) is 5.91 Å². The van der Waals surface area contributed by atoms with Crippen molar-refractivity contribution in [2.24, 2.45) is 5.92 Å². The van der Waals surface area contributed by atoms with Gasteiger partial charge in [0, 0.05) is 24.0 Å². The summed E-state index contributed by atoms with van der Waals surface area (Å²) in [4.78, 5) is 12.0. The third-order valence-corrected chi connectivity index (χ3v) is 3.27. The Balaban J connectivity index is 2.00. The van der Waals surface area contributed by atoms with Crippen molar-refractivity contribution in [3.8, 4) is 0 Å². The van der Waals surface area contributed by atoms with Crippen molar-refractivity contribution in [3.63, 3.8) is 0 Å². The van der Waals surface area contributed by atoms with Gasteiger partial charge in [0.1, 0.15) is 0 Å². The topological polar surface area (TPSA) is 46.9 Å². The standard InChI is InChI=1S/C16H21N3O/c1-3-6-13(2)16(20)18-15-8-4-7-14(11-15)12-19-10-5-9-17-19/h4-5,7-11,13H,3,6,12H2,1-2H3,(H,18,20). The molecule has 0 saturated heterocycles. The summed E-state index contributed by atoms with van der Waals surface area (Å²) in [6.45, 7) is 4.77. The SMILES string of the molecule is CCCC(C)C(=O)Nc1cccc(Cn2cccn2)c1. The number of rotatable bonds is 6. The van der Waals surface area contributed by atoms with E-state index in [1.165, 1.54) is 0 Å². The number of hydrogen-bond acceptors (Lipinski definition) is 2. The van der Waals surface area contributed by atoms with E-state index in [1.807, 2.05) is 48.1 Å². The molecule has 1 aromatic heterocycles. The number of aromatic nitrogens is 2. The van der Waals surface area contributed by atoms with Gasteiger partial charge in [-0.2, -0.15) is 5.10 Å². The molecular weight excluding hydrogens is 250 g/mol. The van der Waals surface area contributed by atoms with Crippen LogP contribution in [0.2, 0.25) is 0 Å². The second-order valence-corrected chi connectivity index (χ2v) is 5.08. The fourth-order valence-corrected chi connectivity index (χ4v) is 2.16. The van der Waals surface area contributed by atoms with Gasteiger partial charge in [-0.1, -0.05) is 32.4 Å². The quantitative estimate of drug-likeness (QED) is 0.876. The lowest BCUT2D eigenvalue weighted by atomic mass is 10.1. The molecule has 4 nitrogen and oxygen atoms in total. The highest BCUT2D eigenvalue weighted by Crippen LogP contribution is 2.14. The van der Waals surface area contributed by atoms with Crippen LogP contribution in [0, 0.1) is 5.92 Å². The minimum atomic E-state index is 0.0507. The lowest BCUT2D eigenvalue weighted by Crippen LogP contribution is -2.20. The molecule has 20 heavy (non-hydrogen) atoms. The van der Waals surface area contributed by atoms with E-state index >= 15 is 0 Å². The van der Waals surface area contributed by atoms with Crippen molar-refractivity contribution < 1.29 is 4.79 Å². The maximum absolute atomic E-state index is 12.0. The molecule has 0 saturated carbocycles. The summed E-state index contributed by atoms with van der Waals surface area (Å²) in [5.74, 6) is 0.137. The number of amides is 1. The van der Waals surface area contributed by atoms with E-state index < -0.39 is 0 Å². The van der Waals surface area contributed by atoms with Crippen LogP contribution in [0.25, 0.3) is 0 Å². The Morgan fingerprint density at radius 3 is 2.95 bits per heavy atom. The lowest BCUT2D eigenvalue weighted by molar-refractivity contribution is -0.119. The van der Waals surface area contributed by atoms with E-state index in [-0.39, 0.29) is 11.8 Å². The summed E-state index contributed by atoms with van der Waals surface area (Å²) in [5, 5.41) is 7.16. The van der Waals surface area contributed by atoms with Crippen molar-refractivity contribution in [2.45, 2.75) is 33.2 Å². The Hall–Kier alpha value is -2.10. The molecule has 106 valence electrons. The molecule has 1 aromatic carbocycles. The molecule has 0 aliphatic rings. The van der Waals surface area contributed by atoms with Gasteiger partial charge >= 0.3 is 0 Å². The number of nitrogens with one attached hydrogen (secondary N) is 1. The monoisotopic (exact) mass is 271 g/mol. The van der Waals surface area contributed by atoms with Gasteiger partial charge in [-0.05, 0) is 30.2 Å². The normalized spacial score (nSPS) is 12.1. The number of nitrogens with zero attached hydrogens (tertiary/aromatic N) is 2. The predicted octanol–water partition coefficient (Wildman–Crippen LogP) is 3.31. The van der Waals surface area contributed by atoms with E-state index in [0.29, 0.717) is 6.54 Å². The molecule has 0 spiro atoms. The molecule has 1 atom stereocenters. The summed E-state index contributed by atoms with van der Waals surface area (Å²) in [5.41, 5.74) is 1.97. The highest BCUT2D eigenvalue weighted by molar-refractivity contribution is 5.92. The molecule has 4 heteroatoms. The first-order valence-electron chi connectivity index (χ1n) is 7.06. The number of carbonyl (C=O) groups excluding carboxylic acids is 1. The maximum atomic E-state index is 12.0. The molecule has 0 aliphatic heterocycles. The largest absolute Gasteiger partial charge is 0.326 e. The number of hydrogen-bond donors (Lipinski definition) is 1. The van der Waals surface area contributed by atoms with Crippen molar-refractivity contribution in [3.05, 3.63) is 48.3 Å². The first-order chi connectivity index (χ1) is 9.69. The van der Waals surface area contributed by atoms with Gasteiger partial charge in [-0.15, -0.1) is 0 Å². The van der Waals surface area contributed by atoms with Crippen LogP contribution < -0.4 is 5.32 Å². The fraction of sp³-hybridized carbons (Fsp3) is 0.375. The summed E-state index contributed by atoms with van der Waals surface area (Å²) in [7, 11) is 0. The van der Waals surface area contributed by atoms with E-state index in [2.05, 4.69) is 17.3 Å². The number of carbonyl (C=O) groups is 1. The molecule has 2 rings (SSSR count). The van der Waals surface area contributed by atoms with Crippen LogP contribution in [0.3, 0.4) is 0 Å². The summed E-state index contributed by atoms with van der Waals surface area (Å²) < 4.78 is 1.86. The molecule has 0 radical (unpaired) electrons. The molecule has 0 fully saturated rings. The zero-order chi connectivity index (χ0) is 14.4. The van der Waals surface area contributed by atoms with E-state index in [1.54, 1.807) is 6.20 Å². The van der Waals surface area contributed by atoms with Gasteiger partial charge < -0.3 is 5.32 Å². The summed E-state index contributed by atoms with van der Waals surface area (Å²) >= 11 is 0. The van der Waals surface area contributed by atoms with Crippen molar-refractivity contribution in [1.29, 1.82) is 0 Å². The molecule has 1 N–H and O–H groups in total. The van der Waals surface area contributed by atoms with Crippen LogP contribution in [0.5, 0.6) is 0 Å². The molecule has 1 amide bonds. The second-order valence-electron chi connectivity index (χ2n) is 5.08. The Bertz CT molecular complexity index is 549. The van der Waals surface area contributed by atoms with Crippen molar-refractivity contribution in [2.75, 3.05) is 5.32 Å². The minimum absolute atomic E-state index is 0.0507. The molecule has 1 unspecified atom stereocenters. The van der Waals surface area contributed by atoms with Crippen LogP contribution in [0.1, 0.15) is 32.3 Å². The molecule has 0 aliphatic carbocycles. The average molecular weight is 271 g/mol. The van der Waals surface area contributed by atoms with Crippen molar-refractivity contribution >= 4 is 11.6 Å². The summed E-state index contributed by atoms with van der Waals surface area (Å²) in [6, 6.07) is 9.81. The molecule has 1 heterocycles. The van der Waals surface area contributed by atoms with Gasteiger partial charge in [0.15, 0.2) is 0 Å². The van der Waals surface area contributed by atoms with Crippen molar-refractivity contribution in [1.82, 2.24) is 9.78 Å². The number of benzene rings is 1. The Morgan fingerprint density at radius 1 is 1.40 bits per heavy atom. The molecule has 2 aromatic rings. The zero-order valence-electron chi connectivity index (χ0n) is 12.0. The minimum Gasteiger partial charge on any atom is -0.326 e. The lowest BCUT2D eigenvalue weighted by Gasteiger charge is -2.12. The molecule has 0 bridgehead atoms. The van der Waals surface area contributed by atoms with Crippen LogP contribution in [0.4, 0.5) is 5.69 Å². The third kappa shape index (κ3) is 3.95. The highest BCUT2D eigenvalue weighted by atomic mass is 16.1. The third-order valence-electron chi connectivity index (χ3n) is 3.27. The first kappa shape index (κ1) is 14.3. The van der Waals surface area contributed by atoms with Gasteiger partial charge in [0.25, 0.3) is 0 Å². The fourth-order valence-electron chi connectivity index (χ4n) is 2.16. The summed E-state index contributed by atoms with van der Waals surface area (Å²) in [6.07, 6.45) is 5.62. The van der Waals surface area contributed by atoms with E-state index in [4.69, 9.17) is 0 Å². The molecular formula is C16H21N3O. The van der Waals surface area contributed by atoms with E-state index in [0.717, 1.165) is 24.1 Å². The average Bonchev–Trinajstić information content (AvgIpc) is 2.92. The van der Waals surface area contributed by atoms with Crippen LogP contribution >= 0.6 is 0 Å². The Kier molecular flexibility index (Phi) is 4.93. The predicted molar refractivity (Wildman–Crippen MR) is 80.5 cm³/mol. The van der Waals surface area contributed by atoms with Gasteiger partial charge in [-0.3, -0.25) is 9.48 Å². The first-order valence-corrected chi connectivity index (χ1v) is 7.06. The van der Waals surface area contributed by atoms with Gasteiger partial charge in [-0.25, -0.2) is 0 Å². The smallest absolute Gasteiger partial charge is 0.227 e. The van der Waals surface area contributed by atoms with Crippen LogP contribution in [-0.2, 0) is 11.3 Å². The van der Waals surface area contributed by atoms with E-state index in [9.17, 15) is 4.79 Å². The van der Waals surface area contributed by atoms with Crippen LogP contribution in [-0.4, -0.2) is 15.7 Å².